The third-order valence-electron chi connectivity index (χ3n) is 4.57. The molecule has 2 N–H and O–H groups in total. The summed E-state index contributed by atoms with van der Waals surface area (Å²) in [4.78, 5) is 2.30. The summed E-state index contributed by atoms with van der Waals surface area (Å²) in [7, 11) is 0. The molecule has 4 heteroatoms. The van der Waals surface area contributed by atoms with Gasteiger partial charge in [0.15, 0.2) is 0 Å². The number of hydrogen-bond acceptors (Lipinski definition) is 4. The molecule has 3 unspecified atom stereocenters. The van der Waals surface area contributed by atoms with Gasteiger partial charge in [-0.1, -0.05) is 26.2 Å². The lowest BCUT2D eigenvalue weighted by Gasteiger charge is -2.32. The van der Waals surface area contributed by atoms with Crippen LogP contribution in [-0.2, 0) is 4.74 Å². The second kappa shape index (κ2) is 8.20. The first-order valence-corrected chi connectivity index (χ1v) is 7.99. The van der Waals surface area contributed by atoms with E-state index in [0.29, 0.717) is 6.04 Å². The highest BCUT2D eigenvalue weighted by molar-refractivity contribution is 4.79. The quantitative estimate of drug-likeness (QED) is 0.762. The summed E-state index contributed by atoms with van der Waals surface area (Å²) in [5, 5.41) is 13.7. The average Bonchev–Trinajstić information content (AvgIpc) is 2.46. The summed E-state index contributed by atoms with van der Waals surface area (Å²) >= 11 is 0. The lowest BCUT2D eigenvalue weighted by molar-refractivity contribution is 0.0141. The number of morpholine rings is 1. The van der Waals surface area contributed by atoms with Crippen molar-refractivity contribution in [1.29, 1.82) is 0 Å². The standard InChI is InChI=1S/C15H30N2O2/c1-2-13-4-3-5-14(10-13)16-11-15(18)12-17-6-8-19-9-7-17/h13-16,18H,2-12H2,1H3. The summed E-state index contributed by atoms with van der Waals surface area (Å²) in [5.41, 5.74) is 0. The minimum atomic E-state index is -0.250. The number of nitrogens with one attached hydrogen (secondary N) is 1. The normalized spacial score (nSPS) is 31.3. The van der Waals surface area contributed by atoms with Gasteiger partial charge in [-0.2, -0.15) is 0 Å². The minimum Gasteiger partial charge on any atom is -0.390 e. The molecule has 2 rings (SSSR count). The van der Waals surface area contributed by atoms with Gasteiger partial charge in [0.1, 0.15) is 0 Å². The maximum atomic E-state index is 10.1. The number of ether oxygens (including phenoxy) is 1. The predicted octanol–water partition coefficient (Wildman–Crippen LogP) is 1.24. The molecule has 0 spiro atoms. The molecule has 19 heavy (non-hydrogen) atoms. The fourth-order valence-corrected chi connectivity index (χ4v) is 3.30. The minimum absolute atomic E-state index is 0.250. The molecule has 1 aliphatic heterocycles. The van der Waals surface area contributed by atoms with Crippen LogP contribution < -0.4 is 5.32 Å². The van der Waals surface area contributed by atoms with Gasteiger partial charge in [-0.15, -0.1) is 0 Å². The number of hydrogen-bond donors (Lipinski definition) is 2. The van der Waals surface area contributed by atoms with Gasteiger partial charge in [-0.25, -0.2) is 0 Å². The highest BCUT2D eigenvalue weighted by Gasteiger charge is 2.21. The topological polar surface area (TPSA) is 44.7 Å². The van der Waals surface area contributed by atoms with Gasteiger partial charge in [0, 0.05) is 32.2 Å². The zero-order valence-corrected chi connectivity index (χ0v) is 12.3. The third kappa shape index (κ3) is 5.38. The summed E-state index contributed by atoms with van der Waals surface area (Å²) in [6.07, 6.45) is 6.36. The zero-order valence-electron chi connectivity index (χ0n) is 12.3. The monoisotopic (exact) mass is 270 g/mol. The van der Waals surface area contributed by atoms with Gasteiger partial charge in [-0.3, -0.25) is 4.90 Å². The molecule has 0 aromatic rings. The van der Waals surface area contributed by atoms with Gasteiger partial charge in [0.05, 0.1) is 19.3 Å². The molecule has 0 aromatic carbocycles. The first-order valence-electron chi connectivity index (χ1n) is 7.99. The van der Waals surface area contributed by atoms with E-state index < -0.39 is 0 Å². The molecule has 1 saturated carbocycles. The highest BCUT2D eigenvalue weighted by atomic mass is 16.5. The van der Waals surface area contributed by atoms with Crippen LogP contribution in [0.3, 0.4) is 0 Å². The Morgan fingerprint density at radius 2 is 2.11 bits per heavy atom. The molecule has 2 aliphatic rings. The number of rotatable bonds is 6. The van der Waals surface area contributed by atoms with Crippen LogP contribution in [0, 0.1) is 5.92 Å². The van der Waals surface area contributed by atoms with Crippen LogP contribution in [0.15, 0.2) is 0 Å². The fourth-order valence-electron chi connectivity index (χ4n) is 3.30. The van der Waals surface area contributed by atoms with E-state index in [9.17, 15) is 5.11 Å². The Bertz CT molecular complexity index is 244. The molecule has 0 aromatic heterocycles. The largest absolute Gasteiger partial charge is 0.390 e. The maximum absolute atomic E-state index is 10.1. The number of aliphatic hydroxyl groups excluding tert-OH is 1. The molecule has 3 atom stereocenters. The van der Waals surface area contributed by atoms with Crippen molar-refractivity contribution in [2.45, 2.75) is 51.2 Å². The fraction of sp³-hybridized carbons (Fsp3) is 1.00. The SMILES string of the molecule is CCC1CCCC(NCC(O)CN2CCOCC2)C1. The Morgan fingerprint density at radius 1 is 1.32 bits per heavy atom. The van der Waals surface area contributed by atoms with Gasteiger partial charge in [0.2, 0.25) is 0 Å². The van der Waals surface area contributed by atoms with Gasteiger partial charge >= 0.3 is 0 Å². The Labute approximate surface area is 117 Å². The van der Waals surface area contributed by atoms with E-state index in [2.05, 4.69) is 17.1 Å². The summed E-state index contributed by atoms with van der Waals surface area (Å²) in [6, 6.07) is 0.623. The lowest BCUT2D eigenvalue weighted by Crippen LogP contribution is -2.46. The highest BCUT2D eigenvalue weighted by Crippen LogP contribution is 2.26. The molecule has 2 fully saturated rings. The molecule has 0 amide bonds. The van der Waals surface area contributed by atoms with Crippen molar-refractivity contribution in [3.05, 3.63) is 0 Å². The first-order chi connectivity index (χ1) is 9.28. The van der Waals surface area contributed by atoms with Crippen molar-refractivity contribution in [1.82, 2.24) is 10.2 Å². The van der Waals surface area contributed by atoms with Crippen molar-refractivity contribution in [3.8, 4) is 0 Å². The van der Waals surface area contributed by atoms with Crippen molar-refractivity contribution in [2.75, 3.05) is 39.4 Å². The van der Waals surface area contributed by atoms with Crippen LogP contribution in [0.25, 0.3) is 0 Å². The third-order valence-corrected chi connectivity index (χ3v) is 4.57. The molecule has 1 saturated heterocycles. The van der Waals surface area contributed by atoms with Crippen LogP contribution in [0.4, 0.5) is 0 Å². The Kier molecular flexibility index (Phi) is 6.57. The van der Waals surface area contributed by atoms with E-state index in [1.807, 2.05) is 0 Å². The zero-order chi connectivity index (χ0) is 13.5. The number of aliphatic hydroxyl groups is 1. The van der Waals surface area contributed by atoms with Crippen LogP contribution in [0.1, 0.15) is 39.0 Å². The Morgan fingerprint density at radius 3 is 2.84 bits per heavy atom. The number of β-amino-alcohol motifs (C(OH)–C–C–N with tert-alkyl or cyclic N) is 1. The van der Waals surface area contributed by atoms with E-state index in [-0.39, 0.29) is 6.10 Å². The average molecular weight is 270 g/mol. The molecule has 1 heterocycles. The van der Waals surface area contributed by atoms with E-state index in [1.54, 1.807) is 0 Å². The molecule has 112 valence electrons. The van der Waals surface area contributed by atoms with Gasteiger partial charge in [0.25, 0.3) is 0 Å². The smallest absolute Gasteiger partial charge is 0.0791 e. The van der Waals surface area contributed by atoms with E-state index in [0.717, 1.165) is 45.3 Å². The van der Waals surface area contributed by atoms with Crippen LogP contribution >= 0.6 is 0 Å². The lowest BCUT2D eigenvalue weighted by atomic mass is 9.84. The molecule has 1 aliphatic carbocycles. The van der Waals surface area contributed by atoms with Crippen molar-refractivity contribution >= 4 is 0 Å². The van der Waals surface area contributed by atoms with Gasteiger partial charge < -0.3 is 15.2 Å². The van der Waals surface area contributed by atoms with E-state index in [1.165, 1.54) is 32.1 Å². The molecular weight excluding hydrogens is 240 g/mol. The Balaban J connectivity index is 1.61. The molecule has 0 bridgehead atoms. The second-order valence-corrected chi connectivity index (χ2v) is 6.11. The number of nitrogens with zero attached hydrogens (tertiary/aromatic N) is 1. The summed E-state index contributed by atoms with van der Waals surface area (Å²) in [6.45, 7) is 7.33. The molecular formula is C15H30N2O2. The van der Waals surface area contributed by atoms with Crippen LogP contribution in [0.2, 0.25) is 0 Å². The second-order valence-electron chi connectivity index (χ2n) is 6.11. The van der Waals surface area contributed by atoms with Crippen molar-refractivity contribution < 1.29 is 9.84 Å². The van der Waals surface area contributed by atoms with Gasteiger partial charge in [-0.05, 0) is 18.8 Å². The molecule has 4 nitrogen and oxygen atoms in total. The first kappa shape index (κ1) is 15.2. The van der Waals surface area contributed by atoms with E-state index in [4.69, 9.17) is 4.74 Å². The Hall–Kier alpha value is -0.160. The van der Waals surface area contributed by atoms with Crippen molar-refractivity contribution in [3.63, 3.8) is 0 Å². The molecule has 0 radical (unpaired) electrons. The maximum Gasteiger partial charge on any atom is 0.0791 e. The summed E-state index contributed by atoms with van der Waals surface area (Å²) in [5.74, 6) is 0.891. The van der Waals surface area contributed by atoms with E-state index >= 15 is 0 Å². The van der Waals surface area contributed by atoms with Crippen LogP contribution in [-0.4, -0.2) is 61.5 Å². The summed E-state index contributed by atoms with van der Waals surface area (Å²) < 4.78 is 5.32. The predicted molar refractivity (Wildman–Crippen MR) is 77.3 cm³/mol. The van der Waals surface area contributed by atoms with Crippen molar-refractivity contribution in [2.24, 2.45) is 5.92 Å². The van der Waals surface area contributed by atoms with Crippen LogP contribution in [0.5, 0.6) is 0 Å².